The normalized spacial score (nSPS) is 13.2. The van der Waals surface area contributed by atoms with E-state index in [0.29, 0.717) is 0 Å². The molecular formula is C104H95BN4. The van der Waals surface area contributed by atoms with Gasteiger partial charge in [0.1, 0.15) is 0 Å². The smallest absolute Gasteiger partial charge is 0.252 e. The first kappa shape index (κ1) is 69.1. The summed E-state index contributed by atoms with van der Waals surface area (Å²) in [5.41, 5.74) is 34.8. The summed E-state index contributed by atoms with van der Waals surface area (Å²) in [5.74, 6) is 0. The minimum absolute atomic E-state index is 0.102. The zero-order chi connectivity index (χ0) is 75.4. The number of para-hydroxylation sites is 3. The number of nitrogens with zero attached hydrogens (tertiary/aromatic N) is 4. The summed E-state index contributed by atoms with van der Waals surface area (Å²) in [6.07, 6.45) is 0. The lowest BCUT2D eigenvalue weighted by molar-refractivity contribution is 0.569. The highest BCUT2D eigenvalue weighted by Crippen LogP contribution is 2.56. The van der Waals surface area contributed by atoms with Gasteiger partial charge < -0.3 is 18.9 Å². The van der Waals surface area contributed by atoms with E-state index in [1.165, 1.54) is 127 Å². The average Bonchev–Trinajstić information content (AvgIpc) is 1.04. The fraction of sp³-hybridized carbons (Fsp3) is 0.192. The highest BCUT2D eigenvalue weighted by molar-refractivity contribution is 7.00. The van der Waals surface area contributed by atoms with Crippen LogP contribution < -0.4 is 26.2 Å². The lowest BCUT2D eigenvalue weighted by Gasteiger charge is -2.47. The van der Waals surface area contributed by atoms with Crippen molar-refractivity contribution in [2.75, 3.05) is 9.80 Å². The molecule has 0 amide bonds. The van der Waals surface area contributed by atoms with Crippen LogP contribution in [0.3, 0.4) is 0 Å². The largest absolute Gasteiger partial charge is 0.310 e. The Morgan fingerprint density at radius 2 is 0.587 bits per heavy atom. The fourth-order valence-corrected chi connectivity index (χ4v) is 17.4. The minimum Gasteiger partial charge on any atom is -0.310 e. The van der Waals surface area contributed by atoms with Gasteiger partial charge in [-0.1, -0.05) is 316 Å². The number of rotatable bonds is 9. The van der Waals surface area contributed by atoms with Crippen LogP contribution in [0.2, 0.25) is 0 Å². The molecule has 0 saturated heterocycles. The molecule has 534 valence electrons. The van der Waals surface area contributed by atoms with Crippen molar-refractivity contribution < 1.29 is 0 Å². The van der Waals surface area contributed by atoms with Crippen molar-refractivity contribution in [2.45, 2.75) is 131 Å². The summed E-state index contributed by atoms with van der Waals surface area (Å²) in [5, 5.41) is 4.90. The SMILES string of the molecule is CC(C)(C)c1cc(-c2ccc3c(c2)B2c4ccc(-n5c6ccccc6c6cc7c8ccccc8n(-c8ccccc8)c7cc65)cc4N(c4c(-c5ccccc5)cc(C(C)(C)C)cc4-c4ccccc4)c4cc(C(C)(C)C)cc(c42)N3c2c(-c3ccccc3)cc(C(C)(C)C)cc2-c2ccccc2)cc(C(C)(C)C)c1. The van der Waals surface area contributed by atoms with Crippen LogP contribution in [-0.2, 0) is 27.1 Å². The van der Waals surface area contributed by atoms with E-state index in [2.05, 4.69) is 426 Å². The van der Waals surface area contributed by atoms with Gasteiger partial charge in [0.25, 0.3) is 6.71 Å². The van der Waals surface area contributed by atoms with E-state index in [4.69, 9.17) is 0 Å². The molecule has 0 N–H and O–H groups in total. The summed E-state index contributed by atoms with van der Waals surface area (Å²) < 4.78 is 5.04. The van der Waals surface area contributed by atoms with Gasteiger partial charge in [-0.2, -0.15) is 0 Å². The summed E-state index contributed by atoms with van der Waals surface area (Å²) in [4.78, 5) is 5.49. The lowest BCUT2D eigenvalue weighted by atomic mass is 9.33. The topological polar surface area (TPSA) is 16.3 Å². The molecule has 0 fully saturated rings. The van der Waals surface area contributed by atoms with Crippen molar-refractivity contribution in [3.05, 3.63) is 331 Å². The fourth-order valence-electron chi connectivity index (χ4n) is 17.4. The van der Waals surface area contributed by atoms with E-state index in [-0.39, 0.29) is 33.8 Å². The van der Waals surface area contributed by atoms with E-state index in [1.54, 1.807) is 0 Å². The van der Waals surface area contributed by atoms with Gasteiger partial charge >= 0.3 is 0 Å². The predicted octanol–water partition coefficient (Wildman–Crippen LogP) is 26.8. The molecule has 14 aromatic carbocycles. The van der Waals surface area contributed by atoms with Crippen LogP contribution in [0, 0.1) is 0 Å². The van der Waals surface area contributed by atoms with Gasteiger partial charge in [-0.05, 0) is 196 Å². The monoisotopic (exact) mass is 1410 g/mol. The first-order valence-corrected chi connectivity index (χ1v) is 39.1. The van der Waals surface area contributed by atoms with E-state index in [0.717, 1.165) is 62.0 Å². The molecule has 16 aromatic rings. The number of anilines is 6. The Hall–Kier alpha value is -11.7. The molecular weight excluding hydrogens is 1320 g/mol. The molecule has 4 heterocycles. The Balaban J connectivity index is 1.03. The zero-order valence-corrected chi connectivity index (χ0v) is 65.7. The maximum atomic E-state index is 2.76. The molecule has 2 aliphatic rings. The highest BCUT2D eigenvalue weighted by atomic mass is 15.2. The van der Waals surface area contributed by atoms with Crippen LogP contribution in [0.15, 0.2) is 303 Å². The van der Waals surface area contributed by atoms with Crippen LogP contribution >= 0.6 is 0 Å². The molecule has 0 saturated carbocycles. The van der Waals surface area contributed by atoms with Gasteiger partial charge in [0.05, 0.1) is 33.4 Å². The van der Waals surface area contributed by atoms with E-state index in [9.17, 15) is 0 Å². The second-order valence-corrected chi connectivity index (χ2v) is 35.8. The Morgan fingerprint density at radius 1 is 0.220 bits per heavy atom. The van der Waals surface area contributed by atoms with Crippen LogP contribution in [0.4, 0.5) is 34.1 Å². The molecule has 0 unspecified atom stereocenters. The Bertz CT molecular complexity index is 6130. The molecule has 2 aromatic heterocycles. The van der Waals surface area contributed by atoms with Gasteiger partial charge in [-0.25, -0.2) is 0 Å². The van der Waals surface area contributed by atoms with Crippen LogP contribution in [0.25, 0.3) is 111 Å². The predicted molar refractivity (Wildman–Crippen MR) is 470 cm³/mol. The van der Waals surface area contributed by atoms with Crippen molar-refractivity contribution >= 4 is 101 Å². The summed E-state index contributed by atoms with van der Waals surface area (Å²) >= 11 is 0. The van der Waals surface area contributed by atoms with Crippen molar-refractivity contribution in [1.82, 2.24) is 9.13 Å². The van der Waals surface area contributed by atoms with Crippen molar-refractivity contribution in [3.63, 3.8) is 0 Å². The number of hydrogen-bond donors (Lipinski definition) is 0. The minimum atomic E-state index is -0.328. The first-order valence-electron chi connectivity index (χ1n) is 39.1. The molecule has 0 aliphatic carbocycles. The zero-order valence-electron chi connectivity index (χ0n) is 65.7. The second kappa shape index (κ2) is 25.5. The van der Waals surface area contributed by atoms with Crippen molar-refractivity contribution in [2.24, 2.45) is 0 Å². The van der Waals surface area contributed by atoms with Crippen LogP contribution in [0.5, 0.6) is 0 Å². The van der Waals surface area contributed by atoms with Crippen LogP contribution in [0.1, 0.15) is 132 Å². The summed E-state index contributed by atoms with van der Waals surface area (Å²) in [6.45, 7) is 35.3. The number of aromatic nitrogens is 2. The summed E-state index contributed by atoms with van der Waals surface area (Å²) in [7, 11) is 0. The van der Waals surface area contributed by atoms with Gasteiger partial charge in [0, 0.05) is 77.9 Å². The molecule has 2 aliphatic heterocycles. The molecule has 0 radical (unpaired) electrons. The highest BCUT2D eigenvalue weighted by Gasteiger charge is 2.47. The molecule has 0 bridgehead atoms. The third-order valence-electron chi connectivity index (χ3n) is 23.4. The van der Waals surface area contributed by atoms with E-state index >= 15 is 0 Å². The molecule has 0 atom stereocenters. The lowest BCUT2D eigenvalue weighted by Crippen LogP contribution is -2.61. The van der Waals surface area contributed by atoms with Gasteiger partial charge in [0.15, 0.2) is 0 Å². The second-order valence-electron chi connectivity index (χ2n) is 35.8. The number of benzene rings is 14. The Morgan fingerprint density at radius 3 is 1.01 bits per heavy atom. The van der Waals surface area contributed by atoms with Crippen LogP contribution in [-0.4, -0.2) is 15.8 Å². The number of fused-ring (bicyclic) bond motifs is 10. The molecule has 109 heavy (non-hydrogen) atoms. The third-order valence-corrected chi connectivity index (χ3v) is 23.4. The van der Waals surface area contributed by atoms with E-state index < -0.39 is 0 Å². The Kier molecular flexibility index (Phi) is 16.2. The van der Waals surface area contributed by atoms with E-state index in [1.807, 2.05) is 0 Å². The standard InChI is InChI=1S/C104H95BN4/c1-100(2,3)72-53-71(54-73(56-72)101(4,5)6)70-49-52-91-88(55-70)105-87-51-50-78(107-90-48-34-32-46-80(90)86-64-85-79-45-31-33-47-89(79)106(92(85)65-93(86)107)77-43-29-20-30-44-77)63-94(87)109(99-83(68-39-25-18-26-40-68)59-75(103(10,11)12)60-84(99)69-41-27-19-28-42-69)96-62-76(104(13,14)15)61-95(97(96)105)108(91)98-81(66-35-21-16-22-36-66)57-74(102(7,8)9)58-82(98)67-37-23-17-24-38-67/h16-65H,1-15H3. The average molecular weight is 1410 g/mol. The maximum absolute atomic E-state index is 2.76. The quantitative estimate of drug-likeness (QED) is 0.134. The van der Waals surface area contributed by atoms with Gasteiger partial charge in [-0.3, -0.25) is 0 Å². The number of hydrogen-bond acceptors (Lipinski definition) is 2. The molecule has 0 spiro atoms. The van der Waals surface area contributed by atoms with Crippen molar-refractivity contribution in [1.29, 1.82) is 0 Å². The van der Waals surface area contributed by atoms with Gasteiger partial charge in [-0.15, -0.1) is 0 Å². The maximum Gasteiger partial charge on any atom is 0.252 e. The van der Waals surface area contributed by atoms with Gasteiger partial charge in [0.2, 0.25) is 0 Å². The molecule has 18 rings (SSSR count). The summed E-state index contributed by atoms with van der Waals surface area (Å²) in [6, 6.07) is 117. The first-order chi connectivity index (χ1) is 52.2. The Labute approximate surface area is 644 Å². The molecule has 5 heteroatoms. The molecule has 4 nitrogen and oxygen atoms in total. The van der Waals surface area contributed by atoms with Crippen molar-refractivity contribution in [3.8, 4) is 67.0 Å². The third kappa shape index (κ3) is 11.7.